The Hall–Kier alpha value is -2.97. The van der Waals surface area contributed by atoms with Crippen LogP contribution in [0.1, 0.15) is 31.2 Å². The molecule has 1 aliphatic rings. The van der Waals surface area contributed by atoms with Gasteiger partial charge in [0.25, 0.3) is 0 Å². The molecule has 1 heterocycles. The maximum atomic E-state index is 12.3. The van der Waals surface area contributed by atoms with Crippen LogP contribution in [0.3, 0.4) is 0 Å². The van der Waals surface area contributed by atoms with Gasteiger partial charge in [0.15, 0.2) is 0 Å². The second-order valence-electron chi connectivity index (χ2n) is 9.16. The Bertz CT molecular complexity index is 1220. The van der Waals surface area contributed by atoms with Crippen LogP contribution in [0.5, 0.6) is 0 Å². The number of para-hydroxylation sites is 1. The first kappa shape index (κ1) is 24.2. The zero-order chi connectivity index (χ0) is 24.0. The number of benzene rings is 2. The molecule has 180 valence electrons. The van der Waals surface area contributed by atoms with E-state index in [1.165, 1.54) is 5.41 Å². The van der Waals surface area contributed by atoms with Crippen LogP contribution in [-0.2, 0) is 10.0 Å². The molecular formula is C26H33N5O2S. The first-order valence-corrected chi connectivity index (χ1v) is 13.3. The summed E-state index contributed by atoms with van der Waals surface area (Å²) < 4.78 is 27.4. The number of hydrogen-bond acceptors (Lipinski definition) is 6. The molecule has 0 saturated heterocycles. The molecule has 3 aromatic rings. The van der Waals surface area contributed by atoms with Crippen LogP contribution >= 0.6 is 0 Å². The number of nitrogens with zero attached hydrogens (tertiary/aromatic N) is 3. The van der Waals surface area contributed by atoms with Crippen LogP contribution in [0.2, 0.25) is 0 Å². The maximum absolute atomic E-state index is 12.3. The van der Waals surface area contributed by atoms with E-state index >= 15 is 0 Å². The van der Waals surface area contributed by atoms with E-state index in [1.807, 2.05) is 73.6 Å². The summed E-state index contributed by atoms with van der Waals surface area (Å²) in [5.74, 6) is 2.46. The van der Waals surface area contributed by atoms with Gasteiger partial charge < -0.3 is 10.2 Å². The molecule has 0 atom stereocenters. The van der Waals surface area contributed by atoms with E-state index in [4.69, 9.17) is 4.98 Å². The number of nitrogens with one attached hydrogen (secondary N) is 2. The fourth-order valence-corrected chi connectivity index (χ4v) is 5.27. The van der Waals surface area contributed by atoms with Crippen molar-refractivity contribution in [3.8, 4) is 0 Å². The highest BCUT2D eigenvalue weighted by molar-refractivity contribution is 7.92. The van der Waals surface area contributed by atoms with Crippen LogP contribution in [-0.4, -0.2) is 45.6 Å². The van der Waals surface area contributed by atoms with Gasteiger partial charge in [-0.2, -0.15) is 4.98 Å². The SMILES string of the molecule is CN(C)c1nc(NCC2CCC(CNS(=O)(=O)/C=C/c3ccccc3)CC2)nc2ccccc12. The first-order valence-electron chi connectivity index (χ1n) is 11.8. The minimum atomic E-state index is -3.43. The van der Waals surface area contributed by atoms with E-state index in [0.717, 1.165) is 54.5 Å². The van der Waals surface area contributed by atoms with Crippen LogP contribution in [0.4, 0.5) is 11.8 Å². The Morgan fingerprint density at radius 2 is 1.56 bits per heavy atom. The number of aromatic nitrogens is 2. The lowest BCUT2D eigenvalue weighted by Gasteiger charge is -2.28. The van der Waals surface area contributed by atoms with Crippen LogP contribution in [0.15, 0.2) is 60.0 Å². The molecule has 1 saturated carbocycles. The zero-order valence-corrected chi connectivity index (χ0v) is 20.6. The van der Waals surface area contributed by atoms with Crippen LogP contribution in [0, 0.1) is 11.8 Å². The largest absolute Gasteiger partial charge is 0.362 e. The van der Waals surface area contributed by atoms with Gasteiger partial charge in [0.2, 0.25) is 16.0 Å². The summed E-state index contributed by atoms with van der Waals surface area (Å²) >= 11 is 0. The van der Waals surface area contributed by atoms with Gasteiger partial charge in [0.1, 0.15) is 5.82 Å². The van der Waals surface area contributed by atoms with Crippen molar-refractivity contribution >= 4 is 38.8 Å². The number of sulfonamides is 1. The molecular weight excluding hydrogens is 446 g/mol. The fourth-order valence-electron chi connectivity index (χ4n) is 4.37. The minimum absolute atomic E-state index is 0.369. The summed E-state index contributed by atoms with van der Waals surface area (Å²) in [5.41, 5.74) is 1.80. The van der Waals surface area contributed by atoms with Gasteiger partial charge in [-0.15, -0.1) is 0 Å². The molecule has 0 spiro atoms. The lowest BCUT2D eigenvalue weighted by molar-refractivity contribution is 0.284. The van der Waals surface area contributed by atoms with Crippen molar-refractivity contribution in [1.29, 1.82) is 0 Å². The Morgan fingerprint density at radius 3 is 2.26 bits per heavy atom. The van der Waals surface area contributed by atoms with Gasteiger partial charge in [-0.25, -0.2) is 18.1 Å². The van der Waals surface area contributed by atoms with E-state index in [2.05, 4.69) is 15.0 Å². The van der Waals surface area contributed by atoms with Crippen molar-refractivity contribution in [1.82, 2.24) is 14.7 Å². The lowest BCUT2D eigenvalue weighted by atomic mass is 9.82. The highest BCUT2D eigenvalue weighted by atomic mass is 32.2. The summed E-state index contributed by atoms with van der Waals surface area (Å²) in [7, 11) is 0.552. The molecule has 0 amide bonds. The van der Waals surface area contributed by atoms with Gasteiger partial charge >= 0.3 is 0 Å². The molecule has 7 nitrogen and oxygen atoms in total. The molecule has 2 N–H and O–H groups in total. The van der Waals surface area contributed by atoms with Crippen molar-refractivity contribution in [3.05, 3.63) is 65.6 Å². The van der Waals surface area contributed by atoms with Gasteiger partial charge in [0, 0.05) is 38.0 Å². The predicted molar refractivity (Wildman–Crippen MR) is 140 cm³/mol. The van der Waals surface area contributed by atoms with Gasteiger partial charge in [-0.3, -0.25) is 0 Å². The lowest BCUT2D eigenvalue weighted by Crippen LogP contribution is -2.31. The summed E-state index contributed by atoms with van der Waals surface area (Å²) in [4.78, 5) is 11.4. The second-order valence-corrected chi connectivity index (χ2v) is 10.8. The Labute approximate surface area is 202 Å². The molecule has 0 radical (unpaired) electrons. The van der Waals surface area contributed by atoms with Gasteiger partial charge in [-0.05, 0) is 61.3 Å². The summed E-state index contributed by atoms with van der Waals surface area (Å²) in [6.45, 7) is 1.31. The number of hydrogen-bond donors (Lipinski definition) is 2. The molecule has 0 unspecified atom stereocenters. The third kappa shape index (κ3) is 6.55. The van der Waals surface area contributed by atoms with Crippen LogP contribution < -0.4 is 14.9 Å². The number of fused-ring (bicyclic) bond motifs is 1. The normalized spacial score (nSPS) is 18.9. The molecule has 34 heavy (non-hydrogen) atoms. The zero-order valence-electron chi connectivity index (χ0n) is 19.8. The molecule has 0 aliphatic heterocycles. The smallest absolute Gasteiger partial charge is 0.233 e. The predicted octanol–water partition coefficient (Wildman–Crippen LogP) is 4.50. The summed E-state index contributed by atoms with van der Waals surface area (Å²) in [6.07, 6.45) is 5.78. The fraction of sp³-hybridized carbons (Fsp3) is 0.385. The van der Waals surface area contributed by atoms with Crippen molar-refractivity contribution in [2.75, 3.05) is 37.4 Å². The molecule has 1 aromatic heterocycles. The third-order valence-corrected chi connectivity index (χ3v) is 7.40. The first-order chi connectivity index (χ1) is 16.4. The van der Waals surface area contributed by atoms with E-state index < -0.39 is 10.0 Å². The van der Waals surface area contributed by atoms with Crippen molar-refractivity contribution in [2.45, 2.75) is 25.7 Å². The standard InChI is InChI=1S/C26H33N5O2S/c1-31(2)25-23-10-6-7-11-24(23)29-26(30-25)27-18-21-12-14-22(15-13-21)19-28-34(32,33)17-16-20-8-4-3-5-9-20/h3-11,16-17,21-22,28H,12-15,18-19H2,1-2H3,(H,27,29,30)/b17-16+. The van der Waals surface area contributed by atoms with Crippen molar-refractivity contribution < 1.29 is 8.42 Å². The molecule has 8 heteroatoms. The summed E-state index contributed by atoms with van der Waals surface area (Å²) in [6, 6.07) is 17.5. The van der Waals surface area contributed by atoms with E-state index in [-0.39, 0.29) is 0 Å². The Balaban J connectivity index is 1.25. The number of rotatable bonds is 9. The summed E-state index contributed by atoms with van der Waals surface area (Å²) in [5, 5.41) is 5.73. The minimum Gasteiger partial charge on any atom is -0.362 e. The average Bonchev–Trinajstić information content (AvgIpc) is 2.86. The second kappa shape index (κ2) is 11.0. The van der Waals surface area contributed by atoms with E-state index in [0.29, 0.717) is 24.3 Å². The van der Waals surface area contributed by atoms with Crippen molar-refractivity contribution in [2.24, 2.45) is 11.8 Å². The van der Waals surface area contributed by atoms with E-state index in [9.17, 15) is 8.42 Å². The molecule has 4 rings (SSSR count). The highest BCUT2D eigenvalue weighted by Crippen LogP contribution is 2.29. The number of anilines is 2. The maximum Gasteiger partial charge on any atom is 0.233 e. The molecule has 2 aromatic carbocycles. The topological polar surface area (TPSA) is 87.2 Å². The Kier molecular flexibility index (Phi) is 7.80. The molecule has 1 fully saturated rings. The quantitative estimate of drug-likeness (QED) is 0.470. The molecule has 1 aliphatic carbocycles. The molecule has 0 bridgehead atoms. The van der Waals surface area contributed by atoms with Gasteiger partial charge in [0.05, 0.1) is 5.52 Å². The average molecular weight is 480 g/mol. The van der Waals surface area contributed by atoms with Crippen LogP contribution in [0.25, 0.3) is 17.0 Å². The van der Waals surface area contributed by atoms with Gasteiger partial charge in [-0.1, -0.05) is 42.5 Å². The highest BCUT2D eigenvalue weighted by Gasteiger charge is 2.22. The third-order valence-electron chi connectivity index (χ3n) is 6.33. The monoisotopic (exact) mass is 479 g/mol. The van der Waals surface area contributed by atoms with E-state index in [1.54, 1.807) is 6.08 Å². The van der Waals surface area contributed by atoms with Crippen molar-refractivity contribution in [3.63, 3.8) is 0 Å². The Morgan fingerprint density at radius 1 is 0.912 bits per heavy atom.